The molecule has 2 aliphatic heterocycles. The second-order valence-corrected chi connectivity index (χ2v) is 10.5. The number of nitrogens with zero attached hydrogens (tertiary/aromatic N) is 5. The summed E-state index contributed by atoms with van der Waals surface area (Å²) in [5.41, 5.74) is 1.09. The number of thioether (sulfide) groups is 1. The summed E-state index contributed by atoms with van der Waals surface area (Å²) in [7, 11) is 0. The zero-order chi connectivity index (χ0) is 23.7. The summed E-state index contributed by atoms with van der Waals surface area (Å²) in [6, 6.07) is 12.2. The lowest BCUT2D eigenvalue weighted by Gasteiger charge is -2.26. The van der Waals surface area contributed by atoms with Crippen molar-refractivity contribution in [3.05, 3.63) is 59.4 Å². The fourth-order valence-electron chi connectivity index (χ4n) is 3.89. The minimum atomic E-state index is 0.387. The van der Waals surface area contributed by atoms with E-state index in [1.54, 1.807) is 11.8 Å². The predicted molar refractivity (Wildman–Crippen MR) is 140 cm³/mol. The molecule has 0 aliphatic carbocycles. The number of H-pyrrole nitrogens is 1. The van der Waals surface area contributed by atoms with E-state index in [1.807, 2.05) is 24.3 Å². The lowest BCUT2D eigenvalue weighted by Crippen LogP contribution is -2.37. The van der Waals surface area contributed by atoms with Crippen LogP contribution in [0.2, 0.25) is 0 Å². The van der Waals surface area contributed by atoms with Gasteiger partial charge in [-0.1, -0.05) is 24.3 Å². The lowest BCUT2D eigenvalue weighted by molar-refractivity contribution is 0.0374. The van der Waals surface area contributed by atoms with Gasteiger partial charge in [0, 0.05) is 24.1 Å². The molecule has 184 valence electrons. The van der Waals surface area contributed by atoms with Gasteiger partial charge >= 0.3 is 0 Å². The van der Waals surface area contributed by atoms with Crippen molar-refractivity contribution in [3.63, 3.8) is 0 Å². The average Bonchev–Trinajstić information content (AvgIpc) is 3.58. The molecule has 4 heterocycles. The van der Waals surface area contributed by atoms with Crippen LogP contribution >= 0.6 is 23.5 Å². The summed E-state index contributed by atoms with van der Waals surface area (Å²) in [5.74, 6) is 1.91. The van der Waals surface area contributed by atoms with Crippen LogP contribution in [0, 0.1) is 0 Å². The van der Waals surface area contributed by atoms with E-state index in [1.165, 1.54) is 11.8 Å². The fraction of sp³-hybridized carbons (Fsp3) is 0.417. The van der Waals surface area contributed by atoms with E-state index >= 15 is 0 Å². The summed E-state index contributed by atoms with van der Waals surface area (Å²) in [6.45, 7) is 6.28. The van der Waals surface area contributed by atoms with Crippen LogP contribution in [0.4, 0.5) is 11.8 Å². The van der Waals surface area contributed by atoms with E-state index in [2.05, 4.69) is 59.3 Å². The molecule has 1 saturated heterocycles. The van der Waals surface area contributed by atoms with Crippen molar-refractivity contribution >= 4 is 35.3 Å². The zero-order valence-corrected chi connectivity index (χ0v) is 21.2. The van der Waals surface area contributed by atoms with Crippen LogP contribution in [0.1, 0.15) is 29.6 Å². The maximum atomic E-state index is 5.42. The Balaban J connectivity index is 1.22. The number of anilines is 2. The topological polar surface area (TPSA) is 104 Å². The first kappa shape index (κ1) is 24.3. The van der Waals surface area contributed by atoms with Crippen LogP contribution in [-0.2, 0) is 11.3 Å². The predicted octanol–water partition coefficient (Wildman–Crippen LogP) is 3.99. The third-order valence-electron chi connectivity index (χ3n) is 5.70. The van der Waals surface area contributed by atoms with Gasteiger partial charge in [0.1, 0.15) is 5.82 Å². The van der Waals surface area contributed by atoms with Crippen molar-refractivity contribution in [3.8, 4) is 0 Å². The van der Waals surface area contributed by atoms with E-state index in [-0.39, 0.29) is 0 Å². The molecule has 5 rings (SSSR count). The number of rotatable bonds is 11. The molecule has 2 aliphatic rings. The van der Waals surface area contributed by atoms with Gasteiger partial charge < -0.3 is 15.4 Å². The van der Waals surface area contributed by atoms with Crippen molar-refractivity contribution in [1.29, 1.82) is 0 Å². The number of allylic oxidation sites excluding steroid dienone is 1. The van der Waals surface area contributed by atoms with E-state index in [0.717, 1.165) is 62.8 Å². The number of morpholine rings is 1. The summed E-state index contributed by atoms with van der Waals surface area (Å²) in [6.07, 6.45) is 4.27. The highest BCUT2D eigenvalue weighted by molar-refractivity contribution is 8.02. The van der Waals surface area contributed by atoms with Gasteiger partial charge in [0.2, 0.25) is 5.95 Å². The summed E-state index contributed by atoms with van der Waals surface area (Å²) in [4.78, 5) is 17.5. The standard InChI is InChI=1S/C24H30N8OS2/c1-2-6-18(7-3-1)35-24-28-22(17-25-9-5-10-32-11-13-33-14-12-32)27-23(29-24)26-21-16-19(30-31-21)20-8-4-15-34-20/h1-4,6-7,15-16,20,25H,5,8-14,17H2,(H2,26,27,28,29,30,31). The molecule has 0 radical (unpaired) electrons. The van der Waals surface area contributed by atoms with E-state index in [4.69, 9.17) is 9.72 Å². The van der Waals surface area contributed by atoms with Gasteiger partial charge in [-0.2, -0.15) is 15.1 Å². The number of aromatic nitrogens is 5. The van der Waals surface area contributed by atoms with Gasteiger partial charge in [-0.15, -0.1) is 11.8 Å². The Hall–Kier alpha value is -2.44. The Morgan fingerprint density at radius 1 is 1.14 bits per heavy atom. The van der Waals surface area contributed by atoms with Gasteiger partial charge in [0.15, 0.2) is 11.0 Å². The monoisotopic (exact) mass is 510 g/mol. The Labute approximate surface area is 213 Å². The molecule has 0 bridgehead atoms. The molecular formula is C24H30N8OS2. The smallest absolute Gasteiger partial charge is 0.232 e. The van der Waals surface area contributed by atoms with Crippen molar-refractivity contribution in [2.24, 2.45) is 0 Å². The van der Waals surface area contributed by atoms with Gasteiger partial charge in [-0.25, -0.2) is 4.98 Å². The number of hydrogen-bond donors (Lipinski definition) is 3. The van der Waals surface area contributed by atoms with Gasteiger partial charge in [-0.3, -0.25) is 10.00 Å². The minimum absolute atomic E-state index is 0.387. The van der Waals surface area contributed by atoms with Crippen LogP contribution in [-0.4, -0.2) is 69.4 Å². The second-order valence-electron chi connectivity index (χ2n) is 8.32. The zero-order valence-electron chi connectivity index (χ0n) is 19.5. The van der Waals surface area contributed by atoms with Crippen LogP contribution < -0.4 is 10.6 Å². The number of hydrogen-bond acceptors (Lipinski definition) is 10. The number of ether oxygens (including phenoxy) is 1. The van der Waals surface area contributed by atoms with E-state index in [0.29, 0.717) is 34.5 Å². The largest absolute Gasteiger partial charge is 0.379 e. The molecular weight excluding hydrogens is 480 g/mol. The van der Waals surface area contributed by atoms with E-state index < -0.39 is 0 Å². The van der Waals surface area contributed by atoms with Crippen LogP contribution in [0.5, 0.6) is 0 Å². The molecule has 1 atom stereocenters. The second kappa shape index (κ2) is 12.5. The summed E-state index contributed by atoms with van der Waals surface area (Å²) >= 11 is 3.33. The Morgan fingerprint density at radius 2 is 2.03 bits per heavy atom. The maximum Gasteiger partial charge on any atom is 0.232 e. The average molecular weight is 511 g/mol. The number of benzene rings is 1. The molecule has 0 spiro atoms. The molecule has 1 aromatic carbocycles. The molecule has 9 nitrogen and oxygen atoms in total. The lowest BCUT2D eigenvalue weighted by atomic mass is 10.2. The highest BCUT2D eigenvalue weighted by Gasteiger charge is 2.17. The highest BCUT2D eigenvalue weighted by Crippen LogP contribution is 2.38. The molecule has 1 fully saturated rings. The van der Waals surface area contributed by atoms with Crippen LogP contribution in [0.25, 0.3) is 0 Å². The molecule has 3 aromatic rings. The molecule has 2 aromatic heterocycles. The summed E-state index contributed by atoms with van der Waals surface area (Å²) in [5, 5.41) is 17.5. The number of nitrogens with one attached hydrogen (secondary N) is 3. The minimum Gasteiger partial charge on any atom is -0.379 e. The molecule has 11 heteroatoms. The Morgan fingerprint density at radius 3 is 2.86 bits per heavy atom. The normalized spacial score (nSPS) is 18.2. The fourth-order valence-corrected chi connectivity index (χ4v) is 5.58. The SMILES string of the molecule is C1=CSC(c2cc(Nc3nc(CNCCCN4CCOCC4)nc(Sc4ccccc4)n3)n[nH]2)C1. The van der Waals surface area contributed by atoms with Crippen molar-refractivity contribution < 1.29 is 4.74 Å². The van der Waals surface area contributed by atoms with Gasteiger partial charge in [0.25, 0.3) is 0 Å². The molecule has 0 amide bonds. The van der Waals surface area contributed by atoms with Crippen LogP contribution in [0.3, 0.4) is 0 Å². The van der Waals surface area contributed by atoms with Crippen LogP contribution in [0.15, 0.2) is 57.9 Å². The molecule has 3 N–H and O–H groups in total. The summed E-state index contributed by atoms with van der Waals surface area (Å²) < 4.78 is 5.42. The molecule has 0 saturated carbocycles. The third-order valence-corrected chi connectivity index (χ3v) is 7.70. The van der Waals surface area contributed by atoms with Crippen molar-refractivity contribution in [1.82, 2.24) is 35.4 Å². The van der Waals surface area contributed by atoms with Gasteiger partial charge in [-0.05, 0) is 55.2 Å². The van der Waals surface area contributed by atoms with Crippen molar-refractivity contribution in [2.45, 2.75) is 34.7 Å². The van der Waals surface area contributed by atoms with Gasteiger partial charge in [0.05, 0.1) is 30.7 Å². The molecule has 1 unspecified atom stereocenters. The molecule has 35 heavy (non-hydrogen) atoms. The van der Waals surface area contributed by atoms with Crippen molar-refractivity contribution in [2.75, 3.05) is 44.7 Å². The Kier molecular flexibility index (Phi) is 8.66. The maximum absolute atomic E-state index is 5.42. The first-order valence-electron chi connectivity index (χ1n) is 11.9. The quantitative estimate of drug-likeness (QED) is 0.328. The van der Waals surface area contributed by atoms with E-state index in [9.17, 15) is 0 Å². The number of aromatic amines is 1. The Bertz CT molecular complexity index is 1100. The third kappa shape index (κ3) is 7.28. The first-order valence-corrected chi connectivity index (χ1v) is 13.7. The first-order chi connectivity index (χ1) is 17.3. The highest BCUT2D eigenvalue weighted by atomic mass is 32.2.